The van der Waals surface area contributed by atoms with Gasteiger partial charge in [0.15, 0.2) is 5.75 Å². The highest BCUT2D eigenvalue weighted by molar-refractivity contribution is 9.10. The van der Waals surface area contributed by atoms with E-state index in [4.69, 9.17) is 9.47 Å². The third kappa shape index (κ3) is 3.97. The number of ether oxygens (including phenoxy) is 2. The van der Waals surface area contributed by atoms with E-state index in [1.807, 2.05) is 0 Å². The molecule has 1 aliphatic heterocycles. The monoisotopic (exact) mass is 521 g/mol. The Morgan fingerprint density at radius 3 is 2.81 bits per heavy atom. The fourth-order valence-corrected chi connectivity index (χ4v) is 4.66. The molecule has 11 heteroatoms. The lowest BCUT2D eigenvalue weighted by Gasteiger charge is -2.29. The summed E-state index contributed by atoms with van der Waals surface area (Å²) in [7, 11) is 0. The highest BCUT2D eigenvalue weighted by Gasteiger charge is 2.33. The molecule has 2 aromatic heterocycles. The number of nitrogens with one attached hydrogen (secondary N) is 1. The largest absolute Gasteiger partial charge is 0.506 e. The van der Waals surface area contributed by atoms with Crippen LogP contribution in [0.2, 0.25) is 0 Å². The van der Waals surface area contributed by atoms with Crippen molar-refractivity contribution in [1.29, 1.82) is 0 Å². The van der Waals surface area contributed by atoms with Crippen LogP contribution >= 0.6 is 27.3 Å². The summed E-state index contributed by atoms with van der Waals surface area (Å²) < 4.78 is 13.1. The molecular weight excluding hydrogens is 502 g/mol. The molecule has 3 aromatic rings. The molecular formula is C21H20BrN3O6S. The van der Waals surface area contributed by atoms with Gasteiger partial charge in [0, 0.05) is 11.6 Å². The summed E-state index contributed by atoms with van der Waals surface area (Å²) in [5, 5.41) is 13.5. The fraction of sp³-hybridized carbons (Fsp3) is 0.333. The minimum absolute atomic E-state index is 0.149. The average Bonchev–Trinajstić information content (AvgIpc) is 3.24. The number of carbonyl (C=O) groups excluding carboxylic acids is 2. The number of rotatable bonds is 4. The molecule has 1 unspecified atom stereocenters. The Morgan fingerprint density at radius 1 is 1.41 bits per heavy atom. The van der Waals surface area contributed by atoms with Gasteiger partial charge < -0.3 is 19.9 Å². The number of benzene rings is 1. The first-order chi connectivity index (χ1) is 15.1. The highest BCUT2D eigenvalue weighted by atomic mass is 79.9. The van der Waals surface area contributed by atoms with E-state index in [9.17, 15) is 19.5 Å². The predicted octanol–water partition coefficient (Wildman–Crippen LogP) is 2.98. The summed E-state index contributed by atoms with van der Waals surface area (Å²) in [5.41, 5.74) is 0.143. The van der Waals surface area contributed by atoms with E-state index >= 15 is 0 Å². The number of aromatic hydroxyl groups is 1. The number of hydrogen-bond donors (Lipinski definition) is 2. The van der Waals surface area contributed by atoms with Crippen LogP contribution in [0.5, 0.6) is 11.5 Å². The second-order valence-electron chi connectivity index (χ2n) is 8.17. The number of pyridine rings is 1. The molecule has 0 bridgehead atoms. The van der Waals surface area contributed by atoms with Crippen molar-refractivity contribution in [3.8, 4) is 11.5 Å². The summed E-state index contributed by atoms with van der Waals surface area (Å²) in [4.78, 5) is 43.2. The summed E-state index contributed by atoms with van der Waals surface area (Å²) in [6, 6.07) is 2.73. The number of esters is 1. The maximum atomic E-state index is 13.5. The number of aromatic nitrogens is 2. The van der Waals surface area contributed by atoms with Gasteiger partial charge >= 0.3 is 5.97 Å². The molecule has 9 nitrogen and oxygen atoms in total. The first kappa shape index (κ1) is 22.3. The third-order valence-corrected chi connectivity index (χ3v) is 6.27. The Kier molecular flexibility index (Phi) is 5.72. The molecule has 0 saturated heterocycles. The zero-order valence-electron chi connectivity index (χ0n) is 17.5. The second kappa shape index (κ2) is 8.21. The maximum Gasteiger partial charge on any atom is 0.325 e. The first-order valence-electron chi connectivity index (χ1n) is 9.69. The van der Waals surface area contributed by atoms with Gasteiger partial charge in [0.1, 0.15) is 36.1 Å². The van der Waals surface area contributed by atoms with E-state index in [0.717, 1.165) is 4.88 Å². The first-order valence-corrected chi connectivity index (χ1v) is 11.4. The van der Waals surface area contributed by atoms with E-state index in [0.29, 0.717) is 15.7 Å². The Bertz CT molecular complexity index is 1280. The van der Waals surface area contributed by atoms with E-state index in [2.05, 4.69) is 26.2 Å². The lowest BCUT2D eigenvalue weighted by molar-refractivity contribution is -0.153. The fourth-order valence-electron chi connectivity index (χ4n) is 3.53. The van der Waals surface area contributed by atoms with Gasteiger partial charge in [0.25, 0.3) is 11.5 Å². The summed E-state index contributed by atoms with van der Waals surface area (Å²) in [6.45, 7) is 4.82. The molecule has 0 spiro atoms. The Balaban J connectivity index is 1.82. The molecule has 4 rings (SSSR count). The van der Waals surface area contributed by atoms with Crippen LogP contribution < -0.4 is 15.6 Å². The average molecular weight is 522 g/mol. The number of hydrogen-bond acceptors (Lipinski definition) is 8. The van der Waals surface area contributed by atoms with Gasteiger partial charge in [-0.3, -0.25) is 23.9 Å². The van der Waals surface area contributed by atoms with Crippen LogP contribution in [-0.4, -0.2) is 45.3 Å². The Hall–Kier alpha value is -2.92. The summed E-state index contributed by atoms with van der Waals surface area (Å²) in [5.74, 6) is -1.61. The molecule has 1 aromatic carbocycles. The van der Waals surface area contributed by atoms with E-state index in [-0.39, 0.29) is 12.0 Å². The quantitative estimate of drug-likeness (QED) is 0.506. The highest BCUT2D eigenvalue weighted by Crippen LogP contribution is 2.42. The van der Waals surface area contributed by atoms with Crippen molar-refractivity contribution < 1.29 is 24.2 Å². The molecule has 1 amide bonds. The molecule has 0 aliphatic carbocycles. The zero-order chi connectivity index (χ0) is 23.2. The molecule has 2 N–H and O–H groups in total. The van der Waals surface area contributed by atoms with Crippen LogP contribution in [0, 0.1) is 0 Å². The normalized spacial score (nSPS) is 15.3. The lowest BCUT2D eigenvalue weighted by Crippen LogP contribution is -2.40. The molecule has 1 aliphatic rings. The van der Waals surface area contributed by atoms with Gasteiger partial charge in [-0.2, -0.15) is 0 Å². The summed E-state index contributed by atoms with van der Waals surface area (Å²) in [6.07, 6.45) is 1.63. The maximum absolute atomic E-state index is 13.5. The molecule has 32 heavy (non-hydrogen) atoms. The van der Waals surface area contributed by atoms with Crippen molar-refractivity contribution in [1.82, 2.24) is 14.9 Å². The van der Waals surface area contributed by atoms with Crippen LogP contribution in [-0.2, 0) is 9.53 Å². The number of amides is 1. The summed E-state index contributed by atoms with van der Waals surface area (Å²) >= 11 is 4.77. The number of carbonyl (C=O) groups is 2. The van der Waals surface area contributed by atoms with Gasteiger partial charge in [-0.05, 0) is 48.8 Å². The SMILES string of the molecule is CC(C)(C)OC(=O)CNC(=O)c1c(O)c2ccc(Br)c3c2n(c1=O)C(c1cncs1)CO3. The van der Waals surface area contributed by atoms with Crippen molar-refractivity contribution in [2.45, 2.75) is 32.4 Å². The van der Waals surface area contributed by atoms with Crippen molar-refractivity contribution in [3.05, 3.63) is 49.1 Å². The van der Waals surface area contributed by atoms with Crippen LogP contribution in [0.25, 0.3) is 10.9 Å². The molecule has 3 heterocycles. The van der Waals surface area contributed by atoms with Crippen LogP contribution in [0.3, 0.4) is 0 Å². The lowest BCUT2D eigenvalue weighted by atomic mass is 10.1. The van der Waals surface area contributed by atoms with Crippen LogP contribution in [0.15, 0.2) is 33.1 Å². The zero-order valence-corrected chi connectivity index (χ0v) is 19.9. The second-order valence-corrected chi connectivity index (χ2v) is 9.94. The van der Waals surface area contributed by atoms with Crippen molar-refractivity contribution in [3.63, 3.8) is 0 Å². The molecule has 0 saturated carbocycles. The topological polar surface area (TPSA) is 120 Å². The minimum Gasteiger partial charge on any atom is -0.506 e. The third-order valence-electron chi connectivity index (χ3n) is 4.77. The number of nitrogens with zero attached hydrogens (tertiary/aromatic N) is 2. The van der Waals surface area contributed by atoms with Crippen molar-refractivity contribution in [2.24, 2.45) is 0 Å². The Labute approximate surface area is 195 Å². The van der Waals surface area contributed by atoms with Crippen molar-refractivity contribution in [2.75, 3.05) is 13.2 Å². The van der Waals surface area contributed by atoms with E-state index < -0.39 is 46.9 Å². The van der Waals surface area contributed by atoms with Gasteiger partial charge in [-0.1, -0.05) is 0 Å². The van der Waals surface area contributed by atoms with Gasteiger partial charge in [-0.25, -0.2) is 0 Å². The van der Waals surface area contributed by atoms with Gasteiger partial charge in [0.2, 0.25) is 0 Å². The molecule has 0 fully saturated rings. The Morgan fingerprint density at radius 2 is 2.16 bits per heavy atom. The van der Waals surface area contributed by atoms with Crippen LogP contribution in [0.1, 0.15) is 42.0 Å². The predicted molar refractivity (Wildman–Crippen MR) is 121 cm³/mol. The minimum atomic E-state index is -0.872. The molecule has 168 valence electrons. The van der Waals surface area contributed by atoms with E-state index in [1.165, 1.54) is 15.9 Å². The molecule has 1 atom stereocenters. The van der Waals surface area contributed by atoms with E-state index in [1.54, 1.807) is 44.6 Å². The van der Waals surface area contributed by atoms with Crippen LogP contribution in [0.4, 0.5) is 0 Å². The van der Waals surface area contributed by atoms with Gasteiger partial charge in [-0.15, -0.1) is 11.3 Å². The number of thiazole rings is 1. The van der Waals surface area contributed by atoms with Crippen molar-refractivity contribution >= 4 is 50.0 Å². The standard InChI is InChI=1S/C21H20BrN3O6S/c1-21(2,3)31-14(26)7-24-19(28)15-17(27)10-4-5-11(22)18-16(10)25(20(15)29)12(8-30-18)13-6-23-9-32-13/h4-6,9,12,27H,7-8H2,1-3H3,(H,24,28). The van der Waals surface area contributed by atoms with Gasteiger partial charge in [0.05, 0.1) is 20.4 Å². The molecule has 0 radical (unpaired) electrons. The number of halogens is 1. The smallest absolute Gasteiger partial charge is 0.325 e.